The summed E-state index contributed by atoms with van der Waals surface area (Å²) in [4.78, 5) is 27.7. The molecule has 2 aliphatic rings. The number of morpholine rings is 1. The van der Waals surface area contributed by atoms with Crippen molar-refractivity contribution in [2.75, 3.05) is 53.7 Å². The van der Waals surface area contributed by atoms with E-state index in [2.05, 4.69) is 15.5 Å². The van der Waals surface area contributed by atoms with Crippen LogP contribution >= 0.6 is 11.8 Å². The van der Waals surface area contributed by atoms with Crippen molar-refractivity contribution in [2.24, 2.45) is 0 Å². The number of hydrogen-bond donors (Lipinski definition) is 1. The maximum absolute atomic E-state index is 13.2. The quantitative estimate of drug-likeness (QED) is 0.686. The van der Waals surface area contributed by atoms with Gasteiger partial charge in [0.25, 0.3) is 0 Å². The van der Waals surface area contributed by atoms with Crippen molar-refractivity contribution in [1.82, 2.24) is 14.8 Å². The molecule has 31 heavy (non-hydrogen) atoms. The molecule has 166 valence electrons. The molecule has 0 atom stereocenters. The molecule has 0 radical (unpaired) electrons. The lowest BCUT2D eigenvalue weighted by atomic mass is 10.2. The number of hydrogen-bond acceptors (Lipinski definition) is 7. The highest BCUT2D eigenvalue weighted by Crippen LogP contribution is 2.31. The lowest BCUT2D eigenvalue weighted by Gasteiger charge is -2.29. The highest BCUT2D eigenvalue weighted by molar-refractivity contribution is 7.99. The second kappa shape index (κ2) is 8.75. The summed E-state index contributed by atoms with van der Waals surface area (Å²) >= 11 is 0.859. The predicted molar refractivity (Wildman–Crippen MR) is 107 cm³/mol. The van der Waals surface area contributed by atoms with Gasteiger partial charge in [-0.2, -0.15) is 13.2 Å². The smallest absolute Gasteiger partial charge is 0.378 e. The Labute approximate surface area is 179 Å². The highest BCUT2D eigenvalue weighted by atomic mass is 32.2. The number of amides is 2. The molecule has 1 aromatic carbocycles. The molecule has 13 heteroatoms. The van der Waals surface area contributed by atoms with Gasteiger partial charge >= 0.3 is 6.18 Å². The average molecular weight is 456 g/mol. The van der Waals surface area contributed by atoms with Crippen LogP contribution < -0.4 is 15.1 Å². The van der Waals surface area contributed by atoms with Gasteiger partial charge in [-0.05, 0) is 12.1 Å². The fourth-order valence-electron chi connectivity index (χ4n) is 3.36. The number of rotatable bonds is 5. The van der Waals surface area contributed by atoms with Crippen molar-refractivity contribution in [3.63, 3.8) is 0 Å². The summed E-state index contributed by atoms with van der Waals surface area (Å²) < 4.78 is 45.8. The Morgan fingerprint density at radius 1 is 1.19 bits per heavy atom. The second-order valence-corrected chi connectivity index (χ2v) is 7.86. The van der Waals surface area contributed by atoms with E-state index in [0.717, 1.165) is 16.3 Å². The molecular formula is C18H19F3N6O3S. The van der Waals surface area contributed by atoms with Gasteiger partial charge in [0.2, 0.25) is 17.8 Å². The standard InChI is InChI=1S/C18H19F3N6O3S/c19-18(20,21)11-27-16(25-5-7-30-8-6-25)23-24-17(27)31-10-15(29)26-9-14(28)22-12-3-1-2-4-13(12)26/h1-4H,5-11H2,(H,22,28). The van der Waals surface area contributed by atoms with Gasteiger partial charge in [-0.1, -0.05) is 23.9 Å². The van der Waals surface area contributed by atoms with Gasteiger partial charge in [0, 0.05) is 13.1 Å². The minimum atomic E-state index is -4.48. The number of thioether (sulfide) groups is 1. The number of carbonyl (C=O) groups excluding carboxylic acids is 2. The monoisotopic (exact) mass is 456 g/mol. The first-order valence-electron chi connectivity index (χ1n) is 9.46. The number of nitrogens with zero attached hydrogens (tertiary/aromatic N) is 5. The number of carbonyl (C=O) groups is 2. The SMILES string of the molecule is O=C1CN(C(=O)CSc2nnc(N3CCOCC3)n2CC(F)(F)F)c2ccccc2N1. The van der Waals surface area contributed by atoms with Crippen LogP contribution in [0, 0.1) is 0 Å². The van der Waals surface area contributed by atoms with Crippen LogP contribution in [-0.4, -0.2) is 71.4 Å². The van der Waals surface area contributed by atoms with Gasteiger partial charge in [-0.25, -0.2) is 0 Å². The van der Waals surface area contributed by atoms with Crippen molar-refractivity contribution >= 4 is 40.9 Å². The maximum Gasteiger partial charge on any atom is 0.406 e. The number of para-hydroxylation sites is 2. The van der Waals surface area contributed by atoms with Gasteiger partial charge in [0.1, 0.15) is 13.1 Å². The molecule has 9 nitrogen and oxygen atoms in total. The minimum absolute atomic E-state index is 0.0121. The molecule has 3 heterocycles. The Balaban J connectivity index is 1.52. The molecule has 0 aliphatic carbocycles. The molecule has 1 aromatic heterocycles. The van der Waals surface area contributed by atoms with Gasteiger partial charge in [0.05, 0.1) is 30.3 Å². The Bertz CT molecular complexity index is 977. The number of anilines is 3. The van der Waals surface area contributed by atoms with Crippen LogP contribution in [0.4, 0.5) is 30.5 Å². The van der Waals surface area contributed by atoms with E-state index in [1.54, 1.807) is 29.2 Å². The molecule has 2 aromatic rings. The number of nitrogens with one attached hydrogen (secondary N) is 1. The summed E-state index contributed by atoms with van der Waals surface area (Å²) in [5, 5.41) is 10.5. The number of benzene rings is 1. The third-order valence-electron chi connectivity index (χ3n) is 4.73. The van der Waals surface area contributed by atoms with E-state index in [1.807, 2.05) is 0 Å². The van der Waals surface area contributed by atoms with Crippen LogP contribution in [-0.2, 0) is 20.9 Å². The minimum Gasteiger partial charge on any atom is -0.378 e. The Hall–Kier alpha value is -2.80. The van der Waals surface area contributed by atoms with Crippen LogP contribution in [0.15, 0.2) is 29.4 Å². The Kier molecular flexibility index (Phi) is 6.05. The van der Waals surface area contributed by atoms with Gasteiger partial charge < -0.3 is 19.9 Å². The van der Waals surface area contributed by atoms with Gasteiger partial charge in [0.15, 0.2) is 5.16 Å². The van der Waals surface area contributed by atoms with Crippen LogP contribution in [0.25, 0.3) is 0 Å². The third kappa shape index (κ3) is 4.93. The first kappa shape index (κ1) is 21.4. The van der Waals surface area contributed by atoms with Crippen LogP contribution in [0.5, 0.6) is 0 Å². The van der Waals surface area contributed by atoms with Crippen molar-refractivity contribution in [2.45, 2.75) is 17.9 Å². The fraction of sp³-hybridized carbons (Fsp3) is 0.444. The van der Waals surface area contributed by atoms with Crippen LogP contribution in [0.3, 0.4) is 0 Å². The van der Waals surface area contributed by atoms with E-state index in [-0.39, 0.29) is 29.3 Å². The zero-order chi connectivity index (χ0) is 22.0. The van der Waals surface area contributed by atoms with Gasteiger partial charge in [-0.3, -0.25) is 14.2 Å². The number of ether oxygens (including phenoxy) is 1. The number of alkyl halides is 3. The lowest BCUT2D eigenvalue weighted by molar-refractivity contribution is -0.141. The zero-order valence-corrected chi connectivity index (χ0v) is 17.1. The fourth-order valence-corrected chi connectivity index (χ4v) is 4.17. The van der Waals surface area contributed by atoms with E-state index >= 15 is 0 Å². The number of fused-ring (bicyclic) bond motifs is 1. The summed E-state index contributed by atoms with van der Waals surface area (Å²) in [5.74, 6) is -0.854. The molecule has 0 bridgehead atoms. The normalized spacial score (nSPS) is 16.8. The first-order chi connectivity index (χ1) is 14.8. The van der Waals surface area contributed by atoms with E-state index in [4.69, 9.17) is 4.74 Å². The van der Waals surface area contributed by atoms with E-state index in [1.165, 1.54) is 4.90 Å². The molecular weight excluding hydrogens is 437 g/mol. The molecule has 2 aliphatic heterocycles. The van der Waals surface area contributed by atoms with E-state index in [9.17, 15) is 22.8 Å². The Morgan fingerprint density at radius 3 is 2.68 bits per heavy atom. The molecule has 0 saturated carbocycles. The largest absolute Gasteiger partial charge is 0.406 e. The van der Waals surface area contributed by atoms with Crippen LogP contribution in [0.2, 0.25) is 0 Å². The summed E-state index contributed by atoms with van der Waals surface area (Å²) in [6.07, 6.45) is -4.48. The molecule has 1 fully saturated rings. The molecule has 1 N–H and O–H groups in total. The van der Waals surface area contributed by atoms with E-state index in [0.29, 0.717) is 37.7 Å². The number of halogens is 3. The molecule has 4 rings (SSSR count). The van der Waals surface area contributed by atoms with Crippen molar-refractivity contribution in [3.05, 3.63) is 24.3 Å². The van der Waals surface area contributed by atoms with Crippen LogP contribution in [0.1, 0.15) is 0 Å². The molecule has 0 spiro atoms. The lowest BCUT2D eigenvalue weighted by Crippen LogP contribution is -2.43. The number of aromatic nitrogens is 3. The maximum atomic E-state index is 13.2. The highest BCUT2D eigenvalue weighted by Gasteiger charge is 2.33. The topological polar surface area (TPSA) is 92.6 Å². The van der Waals surface area contributed by atoms with Crippen molar-refractivity contribution in [1.29, 1.82) is 0 Å². The summed E-state index contributed by atoms with van der Waals surface area (Å²) in [5.41, 5.74) is 1.05. The predicted octanol–water partition coefficient (Wildman–Crippen LogP) is 1.75. The van der Waals surface area contributed by atoms with E-state index < -0.39 is 18.6 Å². The van der Waals surface area contributed by atoms with Crippen molar-refractivity contribution in [3.8, 4) is 0 Å². The third-order valence-corrected chi connectivity index (χ3v) is 5.68. The summed E-state index contributed by atoms with van der Waals surface area (Å²) in [6, 6.07) is 6.83. The van der Waals surface area contributed by atoms with Crippen molar-refractivity contribution < 1.29 is 27.5 Å². The molecule has 0 unspecified atom stereocenters. The molecule has 1 saturated heterocycles. The summed E-state index contributed by atoms with van der Waals surface area (Å²) in [7, 11) is 0. The van der Waals surface area contributed by atoms with Gasteiger partial charge in [-0.15, -0.1) is 10.2 Å². The first-order valence-corrected chi connectivity index (χ1v) is 10.4. The zero-order valence-electron chi connectivity index (χ0n) is 16.3. The average Bonchev–Trinajstić information content (AvgIpc) is 3.12. The Morgan fingerprint density at radius 2 is 1.94 bits per heavy atom. The second-order valence-electron chi connectivity index (χ2n) is 6.92. The summed E-state index contributed by atoms with van der Waals surface area (Å²) in [6.45, 7) is 0.147. The molecule has 2 amide bonds.